The van der Waals surface area contributed by atoms with Crippen LogP contribution < -0.4 is 0 Å². The van der Waals surface area contributed by atoms with E-state index in [2.05, 4.69) is 0 Å². The second-order valence-electron chi connectivity index (χ2n) is 3.90. The first-order valence-corrected chi connectivity index (χ1v) is 6.92. The summed E-state index contributed by atoms with van der Waals surface area (Å²) < 4.78 is 0. The van der Waals surface area contributed by atoms with Crippen molar-refractivity contribution in [3.05, 3.63) is 67.6 Å². The number of hydrogen-bond acceptors (Lipinski definition) is 1. The van der Waals surface area contributed by atoms with Crippen LogP contribution in [0.2, 0.25) is 20.1 Å². The molecule has 1 nitrogen and oxygen atoms in total. The molecule has 0 heterocycles. The lowest BCUT2D eigenvalue weighted by molar-refractivity contribution is 0.0993. The van der Waals surface area contributed by atoms with E-state index in [4.69, 9.17) is 46.4 Å². The van der Waals surface area contributed by atoms with Crippen LogP contribution in [-0.2, 0) is 6.42 Å². The molecule has 0 aromatic heterocycles. The van der Waals surface area contributed by atoms with E-state index in [-0.39, 0.29) is 12.2 Å². The molecule has 0 saturated heterocycles. The van der Waals surface area contributed by atoms with E-state index in [0.717, 1.165) is 0 Å². The van der Waals surface area contributed by atoms with Gasteiger partial charge >= 0.3 is 0 Å². The standard InChI is InChI=1S/C14H8Cl4O/c15-9-3-1-4-10(16)8(9)7-13(19)14-11(17)5-2-6-12(14)18/h1-6H,7H2. The Balaban J connectivity index is 2.37. The zero-order valence-electron chi connectivity index (χ0n) is 9.59. The predicted molar refractivity (Wildman–Crippen MR) is 81.0 cm³/mol. The molecule has 2 aromatic carbocycles. The van der Waals surface area contributed by atoms with Crippen molar-refractivity contribution >= 4 is 52.2 Å². The lowest BCUT2D eigenvalue weighted by atomic mass is 10.0. The molecule has 2 aromatic rings. The van der Waals surface area contributed by atoms with Gasteiger partial charge in [-0.3, -0.25) is 4.79 Å². The van der Waals surface area contributed by atoms with Crippen LogP contribution in [0.15, 0.2) is 36.4 Å². The van der Waals surface area contributed by atoms with Crippen LogP contribution in [0.25, 0.3) is 0 Å². The van der Waals surface area contributed by atoms with Crippen molar-refractivity contribution < 1.29 is 4.79 Å². The van der Waals surface area contributed by atoms with Gasteiger partial charge in [0.25, 0.3) is 0 Å². The van der Waals surface area contributed by atoms with Crippen molar-refractivity contribution in [3.63, 3.8) is 0 Å². The monoisotopic (exact) mass is 332 g/mol. The molecule has 0 fully saturated rings. The summed E-state index contributed by atoms with van der Waals surface area (Å²) in [6.45, 7) is 0. The summed E-state index contributed by atoms with van der Waals surface area (Å²) in [4.78, 5) is 12.3. The average molecular weight is 334 g/mol. The summed E-state index contributed by atoms with van der Waals surface area (Å²) >= 11 is 24.1. The molecule has 0 N–H and O–H groups in total. The first kappa shape index (κ1) is 14.7. The fourth-order valence-corrected chi connectivity index (χ4v) is 2.85. The Hall–Kier alpha value is -0.730. The SMILES string of the molecule is O=C(Cc1c(Cl)cccc1Cl)c1c(Cl)cccc1Cl. The Kier molecular flexibility index (Phi) is 4.75. The zero-order valence-corrected chi connectivity index (χ0v) is 12.6. The molecule has 0 bridgehead atoms. The van der Waals surface area contributed by atoms with Crippen LogP contribution in [0.4, 0.5) is 0 Å². The third-order valence-corrected chi connectivity index (χ3v) is 3.98. The molecule has 0 aliphatic rings. The van der Waals surface area contributed by atoms with E-state index in [1.165, 1.54) is 0 Å². The summed E-state index contributed by atoms with van der Waals surface area (Å²) in [5.74, 6) is -0.217. The van der Waals surface area contributed by atoms with Gasteiger partial charge in [0.2, 0.25) is 0 Å². The highest BCUT2D eigenvalue weighted by atomic mass is 35.5. The number of ketones is 1. The molecule has 98 valence electrons. The highest BCUT2D eigenvalue weighted by Crippen LogP contribution is 2.29. The molecule has 0 unspecified atom stereocenters. The maximum absolute atomic E-state index is 12.3. The third kappa shape index (κ3) is 3.24. The van der Waals surface area contributed by atoms with Crippen LogP contribution >= 0.6 is 46.4 Å². The van der Waals surface area contributed by atoms with Gasteiger partial charge in [-0.15, -0.1) is 0 Å². The number of Topliss-reactive ketones (excluding diaryl/α,β-unsaturated/α-hetero) is 1. The van der Waals surface area contributed by atoms with E-state index >= 15 is 0 Å². The second kappa shape index (κ2) is 6.15. The highest BCUT2D eigenvalue weighted by molar-refractivity contribution is 6.40. The van der Waals surface area contributed by atoms with Crippen LogP contribution in [0.1, 0.15) is 15.9 Å². The van der Waals surface area contributed by atoms with Gasteiger partial charge in [0.15, 0.2) is 5.78 Å². The van der Waals surface area contributed by atoms with Gasteiger partial charge in [-0.25, -0.2) is 0 Å². The number of halogens is 4. The largest absolute Gasteiger partial charge is 0.294 e. The van der Waals surface area contributed by atoms with Crippen molar-refractivity contribution in [2.24, 2.45) is 0 Å². The summed E-state index contributed by atoms with van der Waals surface area (Å²) in [5, 5.41) is 1.54. The van der Waals surface area contributed by atoms with Gasteiger partial charge in [-0.2, -0.15) is 0 Å². The van der Waals surface area contributed by atoms with Gasteiger partial charge in [0.1, 0.15) is 0 Å². The molecule has 0 radical (unpaired) electrons. The van der Waals surface area contributed by atoms with Crippen LogP contribution in [0.5, 0.6) is 0 Å². The number of rotatable bonds is 3. The number of hydrogen-bond donors (Lipinski definition) is 0. The van der Waals surface area contributed by atoms with Gasteiger partial charge in [0.05, 0.1) is 15.6 Å². The summed E-state index contributed by atoms with van der Waals surface area (Å²) in [5.41, 5.74) is 0.869. The Morgan fingerprint density at radius 3 is 1.68 bits per heavy atom. The Labute approximate surface area is 131 Å². The smallest absolute Gasteiger partial charge is 0.170 e. The predicted octanol–water partition coefficient (Wildman–Crippen LogP) is 5.73. The summed E-state index contributed by atoms with van der Waals surface area (Å²) in [6.07, 6.45) is 0.0575. The van der Waals surface area contributed by atoms with Gasteiger partial charge in [-0.1, -0.05) is 58.5 Å². The van der Waals surface area contributed by atoms with Crippen molar-refractivity contribution in [1.82, 2.24) is 0 Å². The number of carbonyl (C=O) groups is 1. The molecule has 0 aliphatic carbocycles. The fourth-order valence-electron chi connectivity index (χ4n) is 1.71. The molecule has 5 heteroatoms. The maximum atomic E-state index is 12.3. The molecule has 19 heavy (non-hydrogen) atoms. The first-order chi connectivity index (χ1) is 9.00. The van der Waals surface area contributed by atoms with Gasteiger partial charge < -0.3 is 0 Å². The molecule has 2 rings (SSSR count). The molecule has 0 spiro atoms. The number of benzene rings is 2. The molecule has 0 atom stereocenters. The van der Waals surface area contributed by atoms with Crippen molar-refractivity contribution in [3.8, 4) is 0 Å². The van der Waals surface area contributed by atoms with Crippen LogP contribution in [0.3, 0.4) is 0 Å². The minimum Gasteiger partial charge on any atom is -0.294 e. The summed E-state index contributed by atoms with van der Waals surface area (Å²) in [6, 6.07) is 10.0. The topological polar surface area (TPSA) is 17.1 Å². The second-order valence-corrected chi connectivity index (χ2v) is 5.53. The van der Waals surface area contributed by atoms with Gasteiger partial charge in [0, 0.05) is 16.5 Å². The fraction of sp³-hybridized carbons (Fsp3) is 0.0714. The molecular weight excluding hydrogens is 326 g/mol. The minimum absolute atomic E-state index is 0.0575. The van der Waals surface area contributed by atoms with Crippen LogP contribution in [0, 0.1) is 0 Å². The first-order valence-electron chi connectivity index (χ1n) is 5.41. The van der Waals surface area contributed by atoms with E-state index in [1.807, 2.05) is 0 Å². The van der Waals surface area contributed by atoms with Crippen molar-refractivity contribution in [2.45, 2.75) is 6.42 Å². The van der Waals surface area contributed by atoms with Gasteiger partial charge in [-0.05, 0) is 29.8 Å². The van der Waals surface area contributed by atoms with E-state index in [0.29, 0.717) is 31.2 Å². The molecule has 0 amide bonds. The molecule has 0 aliphatic heterocycles. The zero-order chi connectivity index (χ0) is 14.0. The molecular formula is C14H8Cl4O. The Morgan fingerprint density at radius 1 is 0.789 bits per heavy atom. The highest BCUT2D eigenvalue weighted by Gasteiger charge is 2.17. The lowest BCUT2D eigenvalue weighted by Gasteiger charge is -2.08. The lowest BCUT2D eigenvalue weighted by Crippen LogP contribution is -2.06. The number of carbonyl (C=O) groups excluding carboxylic acids is 1. The summed E-state index contributed by atoms with van der Waals surface area (Å²) in [7, 11) is 0. The van der Waals surface area contributed by atoms with Crippen molar-refractivity contribution in [1.29, 1.82) is 0 Å². The van der Waals surface area contributed by atoms with E-state index in [9.17, 15) is 4.79 Å². The van der Waals surface area contributed by atoms with E-state index < -0.39 is 0 Å². The average Bonchev–Trinajstić information content (AvgIpc) is 2.34. The van der Waals surface area contributed by atoms with E-state index in [1.54, 1.807) is 36.4 Å². The maximum Gasteiger partial charge on any atom is 0.170 e. The molecule has 0 saturated carbocycles. The Morgan fingerprint density at radius 2 is 1.21 bits per heavy atom. The normalized spacial score (nSPS) is 10.5. The quantitative estimate of drug-likeness (QED) is 0.656. The van der Waals surface area contributed by atoms with Crippen molar-refractivity contribution in [2.75, 3.05) is 0 Å². The minimum atomic E-state index is -0.217. The third-order valence-electron chi connectivity index (χ3n) is 2.64. The van der Waals surface area contributed by atoms with Crippen LogP contribution in [-0.4, -0.2) is 5.78 Å². The Bertz CT molecular complexity index is 597.